The fourth-order valence-corrected chi connectivity index (χ4v) is 3.11. The molecule has 0 amide bonds. The van der Waals surface area contributed by atoms with Crippen molar-refractivity contribution in [3.63, 3.8) is 0 Å². The Hall–Kier alpha value is -3.38. The first-order valence-electron chi connectivity index (χ1n) is 9.75. The second-order valence-electron chi connectivity index (χ2n) is 6.86. The number of rotatable bonds is 8. The Kier molecular flexibility index (Phi) is 7.03. The molecule has 3 aromatic rings. The molecule has 1 aromatic heterocycles. The highest BCUT2D eigenvalue weighted by Crippen LogP contribution is 2.27. The number of halogens is 1. The number of hydrogen-bond acceptors (Lipinski definition) is 5. The molecule has 0 aliphatic heterocycles. The smallest absolute Gasteiger partial charge is 0.338 e. The number of ketones is 1. The van der Waals surface area contributed by atoms with Crippen molar-refractivity contribution in [2.75, 3.05) is 6.61 Å². The number of benzene rings is 2. The quantitative estimate of drug-likeness (QED) is 0.445. The molecular formula is C24H23FN2O3. The van der Waals surface area contributed by atoms with Gasteiger partial charge in [-0.15, -0.1) is 0 Å². The van der Waals surface area contributed by atoms with E-state index in [1.807, 2.05) is 13.0 Å². The van der Waals surface area contributed by atoms with Crippen LogP contribution >= 0.6 is 0 Å². The first kappa shape index (κ1) is 21.3. The molecule has 5 nitrogen and oxygen atoms in total. The highest BCUT2D eigenvalue weighted by molar-refractivity contribution is 5.99. The van der Waals surface area contributed by atoms with E-state index < -0.39 is 11.8 Å². The molecule has 0 bridgehead atoms. The van der Waals surface area contributed by atoms with E-state index in [4.69, 9.17) is 10.5 Å². The monoisotopic (exact) mass is 406 g/mol. The van der Waals surface area contributed by atoms with Crippen LogP contribution in [-0.2, 0) is 17.7 Å². The third kappa shape index (κ3) is 4.96. The molecule has 6 heteroatoms. The van der Waals surface area contributed by atoms with E-state index in [0.717, 1.165) is 29.3 Å². The van der Waals surface area contributed by atoms with Crippen LogP contribution < -0.4 is 5.73 Å². The normalized spacial score (nSPS) is 10.6. The van der Waals surface area contributed by atoms with E-state index >= 15 is 0 Å². The number of nitrogens with zero attached hydrogens (tertiary/aromatic N) is 1. The van der Waals surface area contributed by atoms with Gasteiger partial charge in [0.2, 0.25) is 0 Å². The second kappa shape index (κ2) is 9.89. The van der Waals surface area contributed by atoms with Crippen LogP contribution in [0.3, 0.4) is 0 Å². The topological polar surface area (TPSA) is 82.3 Å². The maximum atomic E-state index is 13.9. The highest BCUT2D eigenvalue weighted by atomic mass is 19.1. The first-order chi connectivity index (χ1) is 14.5. The second-order valence-corrected chi connectivity index (χ2v) is 6.86. The summed E-state index contributed by atoms with van der Waals surface area (Å²) in [6, 6.07) is 13.7. The van der Waals surface area contributed by atoms with Gasteiger partial charge in [0, 0.05) is 24.7 Å². The molecule has 0 fully saturated rings. The van der Waals surface area contributed by atoms with Crippen molar-refractivity contribution in [1.29, 1.82) is 0 Å². The number of pyridine rings is 1. The van der Waals surface area contributed by atoms with Crippen molar-refractivity contribution in [2.24, 2.45) is 5.73 Å². The van der Waals surface area contributed by atoms with Gasteiger partial charge in [0.1, 0.15) is 5.82 Å². The zero-order valence-corrected chi connectivity index (χ0v) is 16.7. The molecule has 3 rings (SSSR count). The van der Waals surface area contributed by atoms with E-state index in [2.05, 4.69) is 4.98 Å². The van der Waals surface area contributed by atoms with E-state index in [1.54, 1.807) is 36.4 Å². The van der Waals surface area contributed by atoms with Crippen LogP contribution in [0.1, 0.15) is 45.2 Å². The molecule has 0 aliphatic carbocycles. The van der Waals surface area contributed by atoms with Gasteiger partial charge in [-0.2, -0.15) is 0 Å². The summed E-state index contributed by atoms with van der Waals surface area (Å²) in [5, 5.41) is 0. The number of aromatic nitrogens is 1. The lowest BCUT2D eigenvalue weighted by molar-refractivity contribution is 0.0505. The SMILES string of the molecule is CCCOC(=O)c1cccc(-c2cc(C(=O)Cc3ccncc3F)ccc2CN)c1. The first-order valence-corrected chi connectivity index (χ1v) is 9.75. The van der Waals surface area contributed by atoms with Gasteiger partial charge in [0.05, 0.1) is 18.4 Å². The molecular weight excluding hydrogens is 383 g/mol. The van der Waals surface area contributed by atoms with Crippen LogP contribution in [0.2, 0.25) is 0 Å². The number of esters is 1. The number of ether oxygens (including phenoxy) is 1. The van der Waals surface area contributed by atoms with Gasteiger partial charge < -0.3 is 10.5 Å². The minimum Gasteiger partial charge on any atom is -0.462 e. The summed E-state index contributed by atoms with van der Waals surface area (Å²) >= 11 is 0. The summed E-state index contributed by atoms with van der Waals surface area (Å²) in [7, 11) is 0. The maximum Gasteiger partial charge on any atom is 0.338 e. The van der Waals surface area contributed by atoms with Crippen molar-refractivity contribution in [3.8, 4) is 11.1 Å². The predicted molar refractivity (Wildman–Crippen MR) is 113 cm³/mol. The molecule has 2 N–H and O–H groups in total. The molecule has 30 heavy (non-hydrogen) atoms. The van der Waals surface area contributed by atoms with Crippen molar-refractivity contribution >= 4 is 11.8 Å². The molecule has 154 valence electrons. The van der Waals surface area contributed by atoms with Gasteiger partial charge in [-0.25, -0.2) is 9.18 Å². The number of carbonyl (C=O) groups excluding carboxylic acids is 2. The van der Waals surface area contributed by atoms with Crippen LogP contribution in [0.25, 0.3) is 11.1 Å². The Balaban J connectivity index is 1.93. The Bertz CT molecular complexity index is 1070. The van der Waals surface area contributed by atoms with Gasteiger partial charge in [-0.3, -0.25) is 9.78 Å². The molecule has 2 aromatic carbocycles. The molecule has 1 heterocycles. The minimum absolute atomic E-state index is 0.0703. The maximum absolute atomic E-state index is 13.9. The molecule has 0 unspecified atom stereocenters. The average molecular weight is 406 g/mol. The Labute approximate surface area is 174 Å². The van der Waals surface area contributed by atoms with Gasteiger partial charge in [0.25, 0.3) is 0 Å². The summed E-state index contributed by atoms with van der Waals surface area (Å²) in [6.45, 7) is 2.55. The van der Waals surface area contributed by atoms with Crippen LogP contribution in [0, 0.1) is 5.82 Å². The van der Waals surface area contributed by atoms with Gasteiger partial charge >= 0.3 is 5.97 Å². The predicted octanol–water partition coefficient (Wildman–Crippen LogP) is 4.34. The van der Waals surface area contributed by atoms with E-state index in [0.29, 0.717) is 23.3 Å². The lowest BCUT2D eigenvalue weighted by Crippen LogP contribution is -2.08. The lowest BCUT2D eigenvalue weighted by Gasteiger charge is -2.12. The molecule has 0 aliphatic rings. The van der Waals surface area contributed by atoms with Gasteiger partial charge in [-0.1, -0.05) is 31.2 Å². The Morgan fingerprint density at radius 3 is 2.63 bits per heavy atom. The number of carbonyl (C=O) groups is 2. The van der Waals surface area contributed by atoms with E-state index in [-0.39, 0.29) is 18.7 Å². The van der Waals surface area contributed by atoms with E-state index in [1.165, 1.54) is 12.3 Å². The van der Waals surface area contributed by atoms with Crippen molar-refractivity contribution in [1.82, 2.24) is 4.98 Å². The minimum atomic E-state index is -0.511. The molecule has 0 spiro atoms. The summed E-state index contributed by atoms with van der Waals surface area (Å²) in [5.74, 6) is -1.13. The van der Waals surface area contributed by atoms with Crippen LogP contribution in [0.4, 0.5) is 4.39 Å². The highest BCUT2D eigenvalue weighted by Gasteiger charge is 2.15. The molecule has 0 saturated carbocycles. The standard InChI is InChI=1S/C24H23FN2O3/c1-2-10-30-24(29)19-5-3-4-16(11-19)21-12-18(6-7-20(21)14-26)23(28)13-17-8-9-27-15-22(17)25/h3-9,11-12,15H,2,10,13-14,26H2,1H3. The summed E-state index contributed by atoms with van der Waals surface area (Å²) in [4.78, 5) is 28.7. The average Bonchev–Trinajstić information content (AvgIpc) is 2.78. The van der Waals surface area contributed by atoms with Gasteiger partial charge in [-0.05, 0) is 52.9 Å². The summed E-state index contributed by atoms with van der Waals surface area (Å²) in [5.41, 5.74) is 9.40. The van der Waals surface area contributed by atoms with Crippen molar-refractivity contribution in [3.05, 3.63) is 89.0 Å². The third-order valence-corrected chi connectivity index (χ3v) is 4.71. The van der Waals surface area contributed by atoms with Crippen molar-refractivity contribution < 1.29 is 18.7 Å². The number of Topliss-reactive ketones (excluding diaryl/α,β-unsaturated/α-hetero) is 1. The Morgan fingerprint density at radius 1 is 1.07 bits per heavy atom. The zero-order chi connectivity index (χ0) is 21.5. The summed E-state index contributed by atoms with van der Waals surface area (Å²) in [6.07, 6.45) is 3.22. The van der Waals surface area contributed by atoms with Gasteiger partial charge in [0.15, 0.2) is 5.78 Å². The third-order valence-electron chi connectivity index (χ3n) is 4.71. The number of hydrogen-bond donors (Lipinski definition) is 1. The van der Waals surface area contributed by atoms with E-state index in [9.17, 15) is 14.0 Å². The fourth-order valence-electron chi connectivity index (χ4n) is 3.11. The summed E-state index contributed by atoms with van der Waals surface area (Å²) < 4.78 is 19.1. The van der Waals surface area contributed by atoms with Crippen LogP contribution in [-0.4, -0.2) is 23.3 Å². The molecule has 0 atom stereocenters. The number of nitrogens with two attached hydrogens (primary N) is 1. The zero-order valence-electron chi connectivity index (χ0n) is 16.7. The molecule has 0 saturated heterocycles. The fraction of sp³-hybridized carbons (Fsp3) is 0.208. The van der Waals surface area contributed by atoms with Crippen LogP contribution in [0.15, 0.2) is 60.9 Å². The van der Waals surface area contributed by atoms with Crippen LogP contribution in [0.5, 0.6) is 0 Å². The largest absolute Gasteiger partial charge is 0.462 e. The van der Waals surface area contributed by atoms with Crippen molar-refractivity contribution in [2.45, 2.75) is 26.3 Å². The Morgan fingerprint density at radius 2 is 1.90 bits per heavy atom. The molecule has 0 radical (unpaired) electrons. The lowest BCUT2D eigenvalue weighted by atomic mass is 9.93.